The van der Waals surface area contributed by atoms with Gasteiger partial charge >= 0.3 is 0 Å². The van der Waals surface area contributed by atoms with Gasteiger partial charge in [-0.1, -0.05) is 24.9 Å². The molecule has 1 aromatic carbocycles. The van der Waals surface area contributed by atoms with Crippen LogP contribution in [0.2, 0.25) is 5.02 Å². The van der Waals surface area contributed by atoms with Crippen LogP contribution < -0.4 is 10.1 Å². The maximum atomic E-state index is 6.22. The molecule has 0 bridgehead atoms. The zero-order chi connectivity index (χ0) is 14.5. The van der Waals surface area contributed by atoms with Gasteiger partial charge in [0.1, 0.15) is 5.75 Å². The largest absolute Gasteiger partial charge is 0.493 e. The molecule has 1 aliphatic heterocycles. The van der Waals surface area contributed by atoms with E-state index in [4.69, 9.17) is 21.1 Å². The van der Waals surface area contributed by atoms with Crippen LogP contribution in [0.5, 0.6) is 5.75 Å². The van der Waals surface area contributed by atoms with Gasteiger partial charge in [0.05, 0.1) is 12.7 Å². The number of fused-ring (bicyclic) bond motifs is 1. The van der Waals surface area contributed by atoms with E-state index in [1.54, 1.807) is 7.11 Å². The van der Waals surface area contributed by atoms with Crippen molar-refractivity contribution < 1.29 is 9.47 Å². The molecular weight excluding hydrogens is 274 g/mol. The summed E-state index contributed by atoms with van der Waals surface area (Å²) in [5.41, 5.74) is 2.41. The maximum absolute atomic E-state index is 6.22. The van der Waals surface area contributed by atoms with E-state index < -0.39 is 0 Å². The second kappa shape index (κ2) is 7.30. The normalized spacial score (nSPS) is 16.6. The Kier molecular flexibility index (Phi) is 5.70. The van der Waals surface area contributed by atoms with Gasteiger partial charge in [0.15, 0.2) is 0 Å². The number of ether oxygens (including phenoxy) is 2. The van der Waals surface area contributed by atoms with E-state index in [1.807, 2.05) is 19.2 Å². The molecule has 2 unspecified atom stereocenters. The third kappa shape index (κ3) is 3.46. The van der Waals surface area contributed by atoms with E-state index in [1.165, 1.54) is 11.1 Å². The molecule has 1 aromatic rings. The highest BCUT2D eigenvalue weighted by Gasteiger charge is 2.24. The van der Waals surface area contributed by atoms with Crippen molar-refractivity contribution in [2.24, 2.45) is 0 Å². The maximum Gasteiger partial charge on any atom is 0.125 e. The lowest BCUT2D eigenvalue weighted by molar-refractivity contribution is 0.0631. The highest BCUT2D eigenvalue weighted by atomic mass is 35.5. The molecule has 112 valence electrons. The fourth-order valence-electron chi connectivity index (χ4n) is 2.92. The first-order chi connectivity index (χ1) is 9.69. The smallest absolute Gasteiger partial charge is 0.125 e. The molecule has 0 saturated heterocycles. The predicted octanol–water partition coefficient (Wildman–Crippen LogP) is 3.22. The lowest BCUT2D eigenvalue weighted by Crippen LogP contribution is -2.40. The average Bonchev–Trinajstić information content (AvgIpc) is 2.90. The average molecular weight is 298 g/mol. The fourth-order valence-corrected chi connectivity index (χ4v) is 3.19. The number of hydrogen-bond donors (Lipinski definition) is 1. The minimum atomic E-state index is 0.209. The molecule has 0 saturated carbocycles. The van der Waals surface area contributed by atoms with Crippen LogP contribution in [0.4, 0.5) is 0 Å². The first kappa shape index (κ1) is 15.6. The van der Waals surface area contributed by atoms with Crippen molar-refractivity contribution in [3.05, 3.63) is 28.3 Å². The van der Waals surface area contributed by atoms with Crippen molar-refractivity contribution in [2.75, 3.05) is 20.8 Å². The van der Waals surface area contributed by atoms with Crippen LogP contribution in [0.3, 0.4) is 0 Å². The van der Waals surface area contributed by atoms with Crippen molar-refractivity contribution in [1.29, 1.82) is 0 Å². The van der Waals surface area contributed by atoms with Crippen molar-refractivity contribution in [2.45, 2.75) is 44.8 Å². The second-order valence-electron chi connectivity index (χ2n) is 5.31. The van der Waals surface area contributed by atoms with Crippen molar-refractivity contribution in [1.82, 2.24) is 5.32 Å². The highest BCUT2D eigenvalue weighted by Crippen LogP contribution is 2.34. The second-order valence-corrected chi connectivity index (χ2v) is 5.75. The first-order valence-corrected chi connectivity index (χ1v) is 7.71. The topological polar surface area (TPSA) is 30.5 Å². The van der Waals surface area contributed by atoms with Crippen LogP contribution in [-0.4, -0.2) is 32.9 Å². The molecule has 3 nitrogen and oxygen atoms in total. The van der Waals surface area contributed by atoms with Gasteiger partial charge in [-0.15, -0.1) is 0 Å². The van der Waals surface area contributed by atoms with Crippen LogP contribution in [0.1, 0.15) is 30.9 Å². The van der Waals surface area contributed by atoms with E-state index in [-0.39, 0.29) is 12.1 Å². The molecule has 0 spiro atoms. The zero-order valence-corrected chi connectivity index (χ0v) is 13.3. The summed E-state index contributed by atoms with van der Waals surface area (Å²) in [6.07, 6.45) is 4.20. The lowest BCUT2D eigenvalue weighted by Gasteiger charge is -2.26. The zero-order valence-electron chi connectivity index (χ0n) is 12.5. The first-order valence-electron chi connectivity index (χ1n) is 7.33. The van der Waals surface area contributed by atoms with Gasteiger partial charge in [0, 0.05) is 24.6 Å². The van der Waals surface area contributed by atoms with Gasteiger partial charge in [0.25, 0.3) is 0 Å². The number of nitrogens with one attached hydrogen (secondary N) is 1. The fraction of sp³-hybridized carbons (Fsp3) is 0.625. The number of rotatable bonds is 7. The number of benzene rings is 1. The van der Waals surface area contributed by atoms with Gasteiger partial charge in [-0.3, -0.25) is 0 Å². The van der Waals surface area contributed by atoms with E-state index in [0.29, 0.717) is 0 Å². The minimum Gasteiger partial charge on any atom is -0.493 e. The Labute approximate surface area is 126 Å². The summed E-state index contributed by atoms with van der Waals surface area (Å²) in [6, 6.07) is 4.31. The Morgan fingerprint density at radius 3 is 2.90 bits per heavy atom. The van der Waals surface area contributed by atoms with Crippen LogP contribution >= 0.6 is 11.6 Å². The SMILES string of the molecule is CCCC(OC)C(Cc1cc(Cl)cc2c1OCC2)NC. The molecule has 4 heteroatoms. The highest BCUT2D eigenvalue weighted by molar-refractivity contribution is 6.30. The monoisotopic (exact) mass is 297 g/mol. The van der Waals surface area contributed by atoms with Gasteiger partial charge in [0.2, 0.25) is 0 Å². The molecule has 1 N–H and O–H groups in total. The van der Waals surface area contributed by atoms with E-state index in [2.05, 4.69) is 12.2 Å². The number of likely N-dealkylation sites (N-methyl/N-ethyl adjacent to an activating group) is 1. The number of hydrogen-bond acceptors (Lipinski definition) is 3. The van der Waals surface area contributed by atoms with Crippen LogP contribution in [-0.2, 0) is 17.6 Å². The third-order valence-corrected chi connectivity index (χ3v) is 4.18. The molecule has 1 heterocycles. The van der Waals surface area contributed by atoms with Gasteiger partial charge in [-0.25, -0.2) is 0 Å². The Morgan fingerprint density at radius 2 is 2.25 bits per heavy atom. The molecular formula is C16H24ClNO2. The summed E-state index contributed by atoms with van der Waals surface area (Å²) in [4.78, 5) is 0. The Morgan fingerprint density at radius 1 is 1.45 bits per heavy atom. The molecule has 0 amide bonds. The van der Waals surface area contributed by atoms with Gasteiger partial charge < -0.3 is 14.8 Å². The summed E-state index contributed by atoms with van der Waals surface area (Å²) >= 11 is 6.22. The van der Waals surface area contributed by atoms with E-state index in [9.17, 15) is 0 Å². The molecule has 0 aromatic heterocycles. The molecule has 20 heavy (non-hydrogen) atoms. The molecule has 0 fully saturated rings. The molecule has 1 aliphatic rings. The Bertz CT molecular complexity index is 450. The molecule has 0 aliphatic carbocycles. The summed E-state index contributed by atoms with van der Waals surface area (Å²) < 4.78 is 11.4. The Hall–Kier alpha value is -0.770. The van der Waals surface area contributed by atoms with Crippen molar-refractivity contribution >= 4 is 11.6 Å². The summed E-state index contributed by atoms with van der Waals surface area (Å²) in [5.74, 6) is 1.03. The van der Waals surface area contributed by atoms with Crippen LogP contribution in [0.15, 0.2) is 12.1 Å². The third-order valence-electron chi connectivity index (χ3n) is 3.96. The van der Waals surface area contributed by atoms with Crippen molar-refractivity contribution in [3.8, 4) is 5.75 Å². The van der Waals surface area contributed by atoms with Gasteiger partial charge in [-0.05, 0) is 43.1 Å². The van der Waals surface area contributed by atoms with E-state index >= 15 is 0 Å². The number of halogens is 1. The van der Waals surface area contributed by atoms with Crippen molar-refractivity contribution in [3.63, 3.8) is 0 Å². The minimum absolute atomic E-state index is 0.209. The summed E-state index contributed by atoms with van der Waals surface area (Å²) in [7, 11) is 3.77. The number of methoxy groups -OCH3 is 1. The lowest BCUT2D eigenvalue weighted by atomic mass is 9.96. The van der Waals surface area contributed by atoms with Crippen LogP contribution in [0.25, 0.3) is 0 Å². The standard InChI is InChI=1S/C16H24ClNO2/c1-4-5-15(19-3)14(18-2)10-12-9-13(17)8-11-6-7-20-16(11)12/h8-9,14-15,18H,4-7,10H2,1-3H3. The van der Waals surface area contributed by atoms with Gasteiger partial charge in [-0.2, -0.15) is 0 Å². The molecule has 2 rings (SSSR count). The predicted molar refractivity (Wildman–Crippen MR) is 82.9 cm³/mol. The molecule has 2 atom stereocenters. The summed E-state index contributed by atoms with van der Waals surface area (Å²) in [5, 5.41) is 4.17. The summed E-state index contributed by atoms with van der Waals surface area (Å²) in [6.45, 7) is 2.94. The van der Waals surface area contributed by atoms with Crippen LogP contribution in [0, 0.1) is 0 Å². The quantitative estimate of drug-likeness (QED) is 0.838. The Balaban J connectivity index is 2.19. The van der Waals surface area contributed by atoms with E-state index in [0.717, 1.165) is 43.1 Å². The molecule has 0 radical (unpaired) electrons.